The van der Waals surface area contributed by atoms with Gasteiger partial charge in [0, 0.05) is 47.9 Å². The third-order valence-electron chi connectivity index (χ3n) is 7.65. The zero-order valence-corrected chi connectivity index (χ0v) is 23.8. The molecule has 4 aromatic rings. The quantitative estimate of drug-likeness (QED) is 0.252. The standard InChI is InChI=1S/C30H34F3N7O2/c1-4-17-11-18(12-20-16-35-29(38-28(17)20)36-23-8-6-22(34)7-9-23)24-15-26(39-40(24)2)37-27(41)14-19-13-21(30(31,32)33)5-10-25(19)42-3/h5,10-13,15-16,22-23H,4,6-9,14,34H2,1-3H3,(H,35,36,38)(H,37,39,41)/t22-,23-. The number of alkyl halides is 3. The smallest absolute Gasteiger partial charge is 0.416 e. The number of nitrogens with two attached hydrogens (primary N) is 1. The summed E-state index contributed by atoms with van der Waals surface area (Å²) < 4.78 is 46.4. The summed E-state index contributed by atoms with van der Waals surface area (Å²) in [6, 6.07) is 9.40. The van der Waals surface area contributed by atoms with Crippen molar-refractivity contribution in [1.29, 1.82) is 0 Å². The monoisotopic (exact) mass is 581 g/mol. The van der Waals surface area contributed by atoms with Crippen LogP contribution in [0.15, 0.2) is 42.6 Å². The first kappa shape index (κ1) is 29.3. The number of nitrogens with one attached hydrogen (secondary N) is 2. The van der Waals surface area contributed by atoms with Crippen LogP contribution in [-0.2, 0) is 30.9 Å². The Morgan fingerprint density at radius 3 is 2.57 bits per heavy atom. The maximum absolute atomic E-state index is 13.2. The first-order valence-electron chi connectivity index (χ1n) is 13.9. The number of aryl methyl sites for hydroxylation is 2. The Labute approximate surface area is 241 Å². The first-order valence-corrected chi connectivity index (χ1v) is 13.9. The molecule has 2 aromatic carbocycles. The van der Waals surface area contributed by atoms with Crippen molar-refractivity contribution < 1.29 is 22.7 Å². The molecule has 222 valence electrons. The van der Waals surface area contributed by atoms with Gasteiger partial charge in [-0.3, -0.25) is 9.48 Å². The summed E-state index contributed by atoms with van der Waals surface area (Å²) in [5, 5.41) is 11.4. The van der Waals surface area contributed by atoms with Gasteiger partial charge in [0.1, 0.15) is 5.75 Å². The van der Waals surface area contributed by atoms with Gasteiger partial charge in [-0.2, -0.15) is 18.3 Å². The number of benzene rings is 2. The molecule has 42 heavy (non-hydrogen) atoms. The Bertz CT molecular complexity index is 1590. The molecule has 2 aromatic heterocycles. The second-order valence-corrected chi connectivity index (χ2v) is 10.7. The largest absolute Gasteiger partial charge is 0.496 e. The maximum atomic E-state index is 13.2. The van der Waals surface area contributed by atoms with Gasteiger partial charge in [-0.25, -0.2) is 9.97 Å². The number of halogens is 3. The van der Waals surface area contributed by atoms with Gasteiger partial charge < -0.3 is 21.1 Å². The molecular formula is C30H34F3N7O2. The Hall–Kier alpha value is -4.19. The SMILES string of the molecule is CCc1cc(-c2cc(NC(=O)Cc3cc(C(F)(F)F)ccc3OC)nn2C)cc2cnc(N[C@H]3CC[C@H](N)CC3)nc12. The van der Waals surface area contributed by atoms with Gasteiger partial charge in [0.2, 0.25) is 11.9 Å². The minimum atomic E-state index is -4.53. The fraction of sp³-hybridized carbons (Fsp3) is 0.400. The Balaban J connectivity index is 1.35. The molecule has 0 radical (unpaired) electrons. The fourth-order valence-electron chi connectivity index (χ4n) is 5.40. The highest BCUT2D eigenvalue weighted by molar-refractivity contribution is 5.93. The van der Waals surface area contributed by atoms with Gasteiger partial charge in [0.05, 0.1) is 30.3 Å². The lowest BCUT2D eigenvalue weighted by Gasteiger charge is -2.26. The summed E-state index contributed by atoms with van der Waals surface area (Å²) >= 11 is 0. The second kappa shape index (κ2) is 12.0. The second-order valence-electron chi connectivity index (χ2n) is 10.7. The predicted molar refractivity (Wildman–Crippen MR) is 155 cm³/mol. The van der Waals surface area contributed by atoms with Gasteiger partial charge in [-0.15, -0.1) is 0 Å². The summed E-state index contributed by atoms with van der Waals surface area (Å²) in [6.07, 6.45) is 1.68. The number of ether oxygens (including phenoxy) is 1. The van der Waals surface area contributed by atoms with Gasteiger partial charge >= 0.3 is 6.18 Å². The molecule has 0 atom stereocenters. The van der Waals surface area contributed by atoms with E-state index in [2.05, 4.69) is 33.7 Å². The lowest BCUT2D eigenvalue weighted by molar-refractivity contribution is -0.137. The number of anilines is 2. The van der Waals surface area contributed by atoms with Crippen LogP contribution in [0.1, 0.15) is 49.3 Å². The molecule has 0 spiro atoms. The van der Waals surface area contributed by atoms with Crippen LogP contribution < -0.4 is 21.1 Å². The third kappa shape index (κ3) is 6.48. The van der Waals surface area contributed by atoms with E-state index in [9.17, 15) is 18.0 Å². The van der Waals surface area contributed by atoms with Crippen molar-refractivity contribution in [3.8, 4) is 17.0 Å². The third-order valence-corrected chi connectivity index (χ3v) is 7.65. The number of aromatic nitrogens is 4. The predicted octanol–water partition coefficient (Wildman–Crippen LogP) is 5.48. The van der Waals surface area contributed by atoms with Crippen LogP contribution in [0.5, 0.6) is 5.75 Å². The highest BCUT2D eigenvalue weighted by Gasteiger charge is 2.31. The van der Waals surface area contributed by atoms with E-state index in [1.165, 1.54) is 13.2 Å². The number of carbonyl (C=O) groups excluding carboxylic acids is 1. The Morgan fingerprint density at radius 2 is 1.88 bits per heavy atom. The van der Waals surface area contributed by atoms with Crippen molar-refractivity contribution in [2.45, 2.75) is 63.7 Å². The highest BCUT2D eigenvalue weighted by Crippen LogP contribution is 2.33. The van der Waals surface area contributed by atoms with Crippen molar-refractivity contribution in [3.05, 3.63) is 59.3 Å². The minimum absolute atomic E-state index is 0.129. The summed E-state index contributed by atoms with van der Waals surface area (Å²) in [6.45, 7) is 2.06. The van der Waals surface area contributed by atoms with E-state index in [1.807, 2.05) is 12.3 Å². The number of hydrogen-bond donors (Lipinski definition) is 3. The van der Waals surface area contributed by atoms with E-state index in [0.29, 0.717) is 12.0 Å². The van der Waals surface area contributed by atoms with E-state index in [0.717, 1.165) is 72.0 Å². The number of amides is 1. The zero-order chi connectivity index (χ0) is 30.0. The van der Waals surface area contributed by atoms with Crippen LogP contribution >= 0.6 is 0 Å². The fourth-order valence-corrected chi connectivity index (χ4v) is 5.40. The maximum Gasteiger partial charge on any atom is 0.416 e. The molecule has 2 heterocycles. The van der Waals surface area contributed by atoms with Crippen LogP contribution in [0, 0.1) is 0 Å². The van der Waals surface area contributed by atoms with Crippen LogP contribution in [-0.4, -0.2) is 44.8 Å². The van der Waals surface area contributed by atoms with E-state index in [-0.39, 0.29) is 29.6 Å². The zero-order valence-electron chi connectivity index (χ0n) is 23.8. The minimum Gasteiger partial charge on any atom is -0.496 e. The van der Waals surface area contributed by atoms with Crippen LogP contribution in [0.4, 0.5) is 24.9 Å². The summed E-state index contributed by atoms with van der Waals surface area (Å²) in [5.41, 5.74) is 8.86. The summed E-state index contributed by atoms with van der Waals surface area (Å²) in [5.74, 6) is 0.572. The molecule has 1 saturated carbocycles. The number of rotatable bonds is 8. The molecule has 0 unspecified atom stereocenters. The molecule has 1 aliphatic carbocycles. The number of methoxy groups -OCH3 is 1. The van der Waals surface area contributed by atoms with Gasteiger partial charge in [0.15, 0.2) is 5.82 Å². The van der Waals surface area contributed by atoms with Gasteiger partial charge in [0.25, 0.3) is 0 Å². The molecule has 1 amide bonds. The average molecular weight is 582 g/mol. The molecule has 0 aliphatic heterocycles. The van der Waals surface area contributed by atoms with Crippen LogP contribution in [0.25, 0.3) is 22.2 Å². The number of nitrogens with zero attached hydrogens (tertiary/aromatic N) is 4. The van der Waals surface area contributed by atoms with E-state index in [4.69, 9.17) is 15.5 Å². The molecule has 1 fully saturated rings. The molecule has 9 nitrogen and oxygen atoms in total. The lowest BCUT2D eigenvalue weighted by atomic mass is 9.92. The molecule has 12 heteroatoms. The van der Waals surface area contributed by atoms with Crippen molar-refractivity contribution >= 4 is 28.6 Å². The molecule has 5 rings (SSSR count). The normalized spacial score (nSPS) is 17.3. The molecule has 0 bridgehead atoms. The van der Waals surface area contributed by atoms with Crippen molar-refractivity contribution in [1.82, 2.24) is 19.7 Å². The first-order chi connectivity index (χ1) is 20.0. The summed E-state index contributed by atoms with van der Waals surface area (Å²) in [7, 11) is 3.11. The Morgan fingerprint density at radius 1 is 1.12 bits per heavy atom. The van der Waals surface area contributed by atoms with Crippen molar-refractivity contribution in [2.24, 2.45) is 12.8 Å². The lowest BCUT2D eigenvalue weighted by Crippen LogP contribution is -2.33. The van der Waals surface area contributed by atoms with Gasteiger partial charge in [-0.05, 0) is 68.0 Å². The van der Waals surface area contributed by atoms with Crippen molar-refractivity contribution in [2.75, 3.05) is 17.7 Å². The Kier molecular flexibility index (Phi) is 8.35. The van der Waals surface area contributed by atoms with E-state index in [1.54, 1.807) is 17.8 Å². The van der Waals surface area contributed by atoms with Crippen molar-refractivity contribution in [3.63, 3.8) is 0 Å². The van der Waals surface area contributed by atoms with E-state index < -0.39 is 17.6 Å². The topological polar surface area (TPSA) is 120 Å². The number of fused-ring (bicyclic) bond motifs is 1. The van der Waals surface area contributed by atoms with Crippen LogP contribution in [0.3, 0.4) is 0 Å². The molecular weight excluding hydrogens is 547 g/mol. The molecule has 0 saturated heterocycles. The number of hydrogen-bond acceptors (Lipinski definition) is 7. The average Bonchev–Trinajstić information content (AvgIpc) is 3.32. The van der Waals surface area contributed by atoms with Crippen LogP contribution in [0.2, 0.25) is 0 Å². The summed E-state index contributed by atoms with van der Waals surface area (Å²) in [4.78, 5) is 22.2. The molecule has 1 aliphatic rings. The molecule has 4 N–H and O–H groups in total. The number of carbonyl (C=O) groups is 1. The van der Waals surface area contributed by atoms with E-state index >= 15 is 0 Å². The van der Waals surface area contributed by atoms with Gasteiger partial charge in [-0.1, -0.05) is 6.92 Å². The highest BCUT2D eigenvalue weighted by atomic mass is 19.4.